The van der Waals surface area contributed by atoms with Gasteiger partial charge >= 0.3 is 0 Å². The molecule has 0 radical (unpaired) electrons. The number of piperidine rings is 2. The SMILES string of the molecule is C.C.CC.CC.CCNc1ncnc2[nH]cc(CN3CCC(N)CC3)c12.CCNc1ncnc2[nH]cc(CN3CCC(N=[N+]=[N-])CC3)c12. The molecule has 4 aromatic heterocycles. The van der Waals surface area contributed by atoms with Gasteiger partial charge in [0.2, 0.25) is 0 Å². The smallest absolute Gasteiger partial charge is 0.143 e. The summed E-state index contributed by atoms with van der Waals surface area (Å²) >= 11 is 0. The van der Waals surface area contributed by atoms with Crippen LogP contribution in [-0.2, 0) is 13.1 Å². The molecule has 14 nitrogen and oxygen atoms in total. The van der Waals surface area contributed by atoms with Crippen LogP contribution >= 0.6 is 0 Å². The normalized spacial score (nSPS) is 15.2. The van der Waals surface area contributed by atoms with Crippen LogP contribution in [0.25, 0.3) is 32.5 Å². The Kier molecular flexibility index (Phi) is 19.8. The van der Waals surface area contributed by atoms with Crippen LogP contribution in [0.2, 0.25) is 0 Å². The summed E-state index contributed by atoms with van der Waals surface area (Å²) in [6.45, 7) is 19.6. The minimum atomic E-state index is 0. The lowest BCUT2D eigenvalue weighted by molar-refractivity contribution is 0.206. The van der Waals surface area contributed by atoms with Crippen LogP contribution in [0.5, 0.6) is 0 Å². The molecular formula is C34H62N14. The van der Waals surface area contributed by atoms with Crippen molar-refractivity contribution in [2.75, 3.05) is 49.9 Å². The molecule has 0 aliphatic carbocycles. The van der Waals surface area contributed by atoms with Gasteiger partial charge in [-0.15, -0.1) is 0 Å². The molecule has 0 atom stereocenters. The van der Waals surface area contributed by atoms with Gasteiger partial charge in [0.05, 0.1) is 10.8 Å². The van der Waals surface area contributed by atoms with Crippen LogP contribution < -0.4 is 16.4 Å². The molecule has 2 aliphatic heterocycles. The maximum Gasteiger partial charge on any atom is 0.143 e. The number of nitrogens with zero attached hydrogens (tertiary/aromatic N) is 9. The number of anilines is 2. The van der Waals surface area contributed by atoms with Crippen molar-refractivity contribution in [3.05, 3.63) is 46.6 Å². The van der Waals surface area contributed by atoms with E-state index in [2.05, 4.69) is 80.4 Å². The summed E-state index contributed by atoms with van der Waals surface area (Å²) in [6.07, 6.45) is 11.2. The molecule has 0 aromatic carbocycles. The van der Waals surface area contributed by atoms with Gasteiger partial charge in [0.15, 0.2) is 0 Å². The number of nitrogens with two attached hydrogens (primary N) is 1. The highest BCUT2D eigenvalue weighted by molar-refractivity contribution is 5.91. The number of likely N-dealkylation sites (tertiary alicyclic amines) is 2. The summed E-state index contributed by atoms with van der Waals surface area (Å²) < 4.78 is 0. The van der Waals surface area contributed by atoms with E-state index in [0.717, 1.165) is 112 Å². The van der Waals surface area contributed by atoms with Gasteiger partial charge in [-0.3, -0.25) is 9.80 Å². The number of hydrogen-bond donors (Lipinski definition) is 5. The number of H-pyrrole nitrogens is 2. The van der Waals surface area contributed by atoms with Crippen LogP contribution in [0.4, 0.5) is 11.6 Å². The van der Waals surface area contributed by atoms with Crippen molar-refractivity contribution in [2.24, 2.45) is 10.8 Å². The quantitative estimate of drug-likeness (QED) is 0.0693. The Bertz CT molecular complexity index is 1480. The lowest BCUT2D eigenvalue weighted by atomic mass is 10.1. The topological polar surface area (TPSA) is 188 Å². The molecule has 6 rings (SSSR count). The second-order valence-electron chi connectivity index (χ2n) is 10.9. The first-order chi connectivity index (χ1) is 22.6. The molecule has 268 valence electrons. The van der Waals surface area contributed by atoms with Crippen molar-refractivity contribution >= 4 is 33.7 Å². The van der Waals surface area contributed by atoms with Gasteiger partial charge in [0.1, 0.15) is 35.6 Å². The molecule has 0 bridgehead atoms. The zero-order valence-corrected chi connectivity index (χ0v) is 28.6. The van der Waals surface area contributed by atoms with Gasteiger partial charge < -0.3 is 26.3 Å². The van der Waals surface area contributed by atoms with Crippen LogP contribution in [-0.4, -0.2) is 91.1 Å². The summed E-state index contributed by atoms with van der Waals surface area (Å²) in [5.74, 6) is 1.80. The number of rotatable bonds is 9. The molecule has 2 aliphatic rings. The van der Waals surface area contributed by atoms with Crippen LogP contribution in [0.15, 0.2) is 30.2 Å². The maximum absolute atomic E-state index is 8.51. The first-order valence-electron chi connectivity index (χ1n) is 16.9. The largest absolute Gasteiger partial charge is 0.370 e. The van der Waals surface area contributed by atoms with E-state index in [1.165, 1.54) is 11.1 Å². The summed E-state index contributed by atoms with van der Waals surface area (Å²) in [7, 11) is 0. The molecule has 0 saturated carbocycles. The third-order valence-corrected chi connectivity index (χ3v) is 7.98. The first kappa shape index (κ1) is 42.1. The Morgan fingerprint density at radius 2 is 1.19 bits per heavy atom. The maximum atomic E-state index is 8.51. The molecular weight excluding hydrogens is 604 g/mol. The average Bonchev–Trinajstić information content (AvgIpc) is 3.71. The van der Waals surface area contributed by atoms with E-state index in [4.69, 9.17) is 11.3 Å². The van der Waals surface area contributed by atoms with E-state index in [9.17, 15) is 0 Å². The van der Waals surface area contributed by atoms with Crippen molar-refractivity contribution in [1.82, 2.24) is 39.7 Å². The Morgan fingerprint density at radius 1 is 0.771 bits per heavy atom. The lowest BCUT2D eigenvalue weighted by Crippen LogP contribution is -2.39. The van der Waals surface area contributed by atoms with E-state index in [1.807, 2.05) is 33.9 Å². The third-order valence-electron chi connectivity index (χ3n) is 7.98. The molecule has 0 spiro atoms. The highest BCUT2D eigenvalue weighted by Gasteiger charge is 2.21. The molecule has 4 aromatic rings. The molecule has 0 amide bonds. The van der Waals surface area contributed by atoms with Crippen molar-refractivity contribution in [3.63, 3.8) is 0 Å². The summed E-state index contributed by atoms with van der Waals surface area (Å²) in [5, 5.41) is 12.6. The first-order valence-corrected chi connectivity index (χ1v) is 16.9. The molecule has 2 fully saturated rings. The molecule has 48 heavy (non-hydrogen) atoms. The standard InChI is InChI=1S/C14H20N8.C14H22N6.2C2H6.2CH4/c1-2-16-13-12-10(7-17-14(12)19-9-18-13)8-22-5-3-11(4-6-22)20-21-15;1-2-16-13-12-10(7-17-14(12)19-9-18-13)8-20-5-3-11(15)4-6-20;2*1-2;;/h7,9,11H,2-6,8H2,1H3,(H2,16,17,18,19);7,9,11H,2-6,8,15H2,1H3,(H2,16,17,18,19);2*1-2H3;2*1H4. The van der Waals surface area contributed by atoms with Gasteiger partial charge in [-0.1, -0.05) is 47.7 Å². The van der Waals surface area contributed by atoms with Crippen LogP contribution in [0.1, 0.15) is 93.2 Å². The number of aromatic nitrogens is 6. The fourth-order valence-corrected chi connectivity index (χ4v) is 5.76. The number of hydrogen-bond acceptors (Lipinski definition) is 10. The Hall–Kier alpha value is -3.97. The Balaban J connectivity index is 0.000000421. The van der Waals surface area contributed by atoms with E-state index < -0.39 is 0 Å². The number of fused-ring (bicyclic) bond motifs is 2. The fourth-order valence-electron chi connectivity index (χ4n) is 5.76. The summed E-state index contributed by atoms with van der Waals surface area (Å²) in [4.78, 5) is 31.5. The van der Waals surface area contributed by atoms with Crippen LogP contribution in [0, 0.1) is 0 Å². The molecule has 6 N–H and O–H groups in total. The predicted molar refractivity (Wildman–Crippen MR) is 202 cm³/mol. The van der Waals surface area contributed by atoms with Gasteiger partial charge in [0, 0.05) is 55.6 Å². The number of azide groups is 1. The van der Waals surface area contributed by atoms with Crippen molar-refractivity contribution in [1.29, 1.82) is 0 Å². The number of aromatic amines is 2. The molecule has 6 heterocycles. The zero-order valence-electron chi connectivity index (χ0n) is 28.6. The van der Waals surface area contributed by atoms with Crippen molar-refractivity contribution < 1.29 is 0 Å². The Labute approximate surface area is 287 Å². The third kappa shape index (κ3) is 11.3. The van der Waals surface area contributed by atoms with Gasteiger partial charge in [-0.2, -0.15) is 0 Å². The van der Waals surface area contributed by atoms with E-state index in [1.54, 1.807) is 12.7 Å². The molecule has 14 heteroatoms. The summed E-state index contributed by atoms with van der Waals surface area (Å²) in [5.41, 5.74) is 18.7. The minimum Gasteiger partial charge on any atom is -0.370 e. The average molecular weight is 667 g/mol. The van der Waals surface area contributed by atoms with E-state index in [-0.39, 0.29) is 20.9 Å². The highest BCUT2D eigenvalue weighted by atomic mass is 15.2. The van der Waals surface area contributed by atoms with Crippen LogP contribution in [0.3, 0.4) is 0 Å². The van der Waals surface area contributed by atoms with Gasteiger partial charge in [0.25, 0.3) is 0 Å². The predicted octanol–water partition coefficient (Wildman–Crippen LogP) is 7.30. The van der Waals surface area contributed by atoms with E-state index in [0.29, 0.717) is 6.04 Å². The lowest BCUT2D eigenvalue weighted by Gasteiger charge is -2.29. The fraction of sp³-hybridized carbons (Fsp3) is 0.647. The minimum absolute atomic E-state index is 0. The highest BCUT2D eigenvalue weighted by Crippen LogP contribution is 2.27. The number of nitrogens with one attached hydrogen (secondary N) is 4. The monoisotopic (exact) mass is 667 g/mol. The second-order valence-corrected chi connectivity index (χ2v) is 10.9. The summed E-state index contributed by atoms with van der Waals surface area (Å²) in [6, 6.07) is 0.514. The molecule has 0 unspecified atom stereocenters. The zero-order chi connectivity index (χ0) is 33.3. The van der Waals surface area contributed by atoms with Crippen molar-refractivity contribution in [2.45, 2.75) is 107 Å². The van der Waals surface area contributed by atoms with Crippen molar-refractivity contribution in [3.8, 4) is 0 Å². The Morgan fingerprint density at radius 3 is 1.58 bits per heavy atom. The second kappa shape index (κ2) is 22.6. The molecule has 2 saturated heterocycles. The van der Waals surface area contributed by atoms with Gasteiger partial charge in [-0.25, -0.2) is 19.9 Å². The van der Waals surface area contributed by atoms with E-state index >= 15 is 0 Å². The van der Waals surface area contributed by atoms with Gasteiger partial charge in [-0.05, 0) is 82.4 Å².